The van der Waals surface area contributed by atoms with Crippen LogP contribution in [0.15, 0.2) is 73.1 Å². The van der Waals surface area contributed by atoms with Gasteiger partial charge in [-0.2, -0.15) is 5.21 Å². The fourth-order valence-corrected chi connectivity index (χ4v) is 6.04. The second-order valence-corrected chi connectivity index (χ2v) is 11.3. The Morgan fingerprint density at radius 2 is 1.67 bits per heavy atom. The van der Waals surface area contributed by atoms with E-state index in [0.29, 0.717) is 24.0 Å². The lowest BCUT2D eigenvalue weighted by Crippen LogP contribution is -2.52. The van der Waals surface area contributed by atoms with Crippen molar-refractivity contribution in [3.05, 3.63) is 78.6 Å². The summed E-state index contributed by atoms with van der Waals surface area (Å²) >= 11 is 0. The first-order valence-electron chi connectivity index (χ1n) is 14.6. The van der Waals surface area contributed by atoms with Gasteiger partial charge in [0.05, 0.1) is 17.4 Å². The second-order valence-electron chi connectivity index (χ2n) is 11.3. The molecule has 6 rings (SSSR count). The lowest BCUT2D eigenvalue weighted by molar-refractivity contribution is -0.127. The molecule has 2 aromatic heterocycles. The fraction of sp³-hybridized carbons (Fsp3) is 0.312. The molecule has 2 heterocycles. The SMILES string of the molecule is Cn1cnc2ccc(-c3ccc(C[C@@H](C(N)=O)N(C(=O)C4CCC(CN)CC4)c4ccc(-c5nn[nH]n5)cc4)cc3)cc21. The zero-order valence-corrected chi connectivity index (χ0v) is 24.1. The first-order chi connectivity index (χ1) is 20.9. The van der Waals surface area contributed by atoms with Gasteiger partial charge >= 0.3 is 0 Å². The van der Waals surface area contributed by atoms with Gasteiger partial charge in [-0.15, -0.1) is 10.2 Å². The van der Waals surface area contributed by atoms with Crippen LogP contribution in [0.1, 0.15) is 31.2 Å². The predicted octanol–water partition coefficient (Wildman–Crippen LogP) is 3.62. The van der Waals surface area contributed by atoms with Gasteiger partial charge in [0.2, 0.25) is 17.6 Å². The first kappa shape index (κ1) is 28.2. The zero-order chi connectivity index (χ0) is 29.9. The Kier molecular flexibility index (Phi) is 7.97. The van der Waals surface area contributed by atoms with E-state index < -0.39 is 11.9 Å². The smallest absolute Gasteiger partial charge is 0.240 e. The van der Waals surface area contributed by atoms with Crippen molar-refractivity contribution >= 4 is 28.5 Å². The van der Waals surface area contributed by atoms with Crippen molar-refractivity contribution < 1.29 is 9.59 Å². The quantitative estimate of drug-likeness (QED) is 0.241. The van der Waals surface area contributed by atoms with E-state index >= 15 is 0 Å². The number of fused-ring (bicyclic) bond motifs is 1. The van der Waals surface area contributed by atoms with E-state index in [9.17, 15) is 9.59 Å². The van der Waals surface area contributed by atoms with Crippen molar-refractivity contribution in [1.82, 2.24) is 30.2 Å². The van der Waals surface area contributed by atoms with Crippen LogP contribution in [-0.2, 0) is 23.1 Å². The second kappa shape index (κ2) is 12.1. The molecule has 0 unspecified atom stereocenters. The first-order valence-corrected chi connectivity index (χ1v) is 14.6. The van der Waals surface area contributed by atoms with Gasteiger partial charge in [-0.05, 0) is 96.4 Å². The van der Waals surface area contributed by atoms with Crippen LogP contribution in [0, 0.1) is 11.8 Å². The number of aryl methyl sites for hydroxylation is 1. The number of H-pyrrole nitrogens is 1. The lowest BCUT2D eigenvalue weighted by Gasteiger charge is -2.35. The maximum Gasteiger partial charge on any atom is 0.240 e. The van der Waals surface area contributed by atoms with Crippen LogP contribution in [0.2, 0.25) is 0 Å². The van der Waals surface area contributed by atoms with Crippen LogP contribution in [0.5, 0.6) is 0 Å². The standard InChI is InChI=1S/C32H35N9O2/c1-40-19-35-27-15-12-25(17-28(27)40)22-6-2-20(3-7-22)16-29(30(34)42)41(32(43)24-8-4-21(18-33)5-9-24)26-13-10-23(11-14-26)31-36-38-39-37-31/h2-3,6-7,10-15,17,19,21,24,29H,4-5,8-9,16,18,33H2,1H3,(H2,34,42)(H,36,37,38,39)/t21?,24?,29-/m0/s1. The number of primary amides is 1. The Morgan fingerprint density at radius 1 is 0.977 bits per heavy atom. The number of aromatic nitrogens is 6. The van der Waals surface area contributed by atoms with Crippen molar-refractivity contribution in [2.45, 2.75) is 38.1 Å². The molecular formula is C32H35N9O2. The van der Waals surface area contributed by atoms with Crippen molar-refractivity contribution in [2.24, 2.45) is 30.4 Å². The molecular weight excluding hydrogens is 542 g/mol. The highest BCUT2D eigenvalue weighted by atomic mass is 16.2. The number of carbonyl (C=O) groups is 2. The number of hydrogen-bond acceptors (Lipinski definition) is 7. The van der Waals surface area contributed by atoms with Crippen molar-refractivity contribution in [3.8, 4) is 22.5 Å². The molecule has 11 heteroatoms. The van der Waals surface area contributed by atoms with E-state index in [1.807, 2.05) is 66.2 Å². The number of benzene rings is 3. The van der Waals surface area contributed by atoms with Crippen LogP contribution in [0.25, 0.3) is 33.5 Å². The molecule has 1 aliphatic rings. The fourth-order valence-electron chi connectivity index (χ4n) is 6.04. The summed E-state index contributed by atoms with van der Waals surface area (Å²) in [7, 11) is 1.97. The molecule has 0 bridgehead atoms. The van der Waals surface area contributed by atoms with Crippen molar-refractivity contribution in [3.63, 3.8) is 0 Å². The highest BCUT2D eigenvalue weighted by Gasteiger charge is 2.36. The number of imidazole rings is 1. The van der Waals surface area contributed by atoms with Crippen LogP contribution < -0.4 is 16.4 Å². The monoisotopic (exact) mass is 577 g/mol. The number of carbonyl (C=O) groups excluding carboxylic acids is 2. The van der Waals surface area contributed by atoms with E-state index in [0.717, 1.165) is 59.0 Å². The van der Waals surface area contributed by atoms with Crippen molar-refractivity contribution in [2.75, 3.05) is 11.4 Å². The van der Waals surface area contributed by atoms with Gasteiger partial charge in [0.25, 0.3) is 0 Å². The Morgan fingerprint density at radius 3 is 2.33 bits per heavy atom. The third-order valence-electron chi connectivity index (χ3n) is 8.60. The molecule has 1 atom stereocenters. The third-order valence-corrected chi connectivity index (χ3v) is 8.60. The number of nitrogens with zero attached hydrogens (tertiary/aromatic N) is 6. The van der Waals surface area contributed by atoms with E-state index in [2.05, 4.69) is 37.7 Å². The third kappa shape index (κ3) is 5.89. The molecule has 1 aliphatic carbocycles. The molecule has 43 heavy (non-hydrogen) atoms. The number of hydrogen-bond donors (Lipinski definition) is 3. The molecule has 5 aromatic rings. The van der Waals surface area contributed by atoms with Gasteiger partial charge < -0.3 is 16.0 Å². The van der Waals surface area contributed by atoms with Crippen LogP contribution >= 0.6 is 0 Å². The summed E-state index contributed by atoms with van der Waals surface area (Å²) in [5, 5.41) is 14.1. The number of rotatable bonds is 9. The number of amides is 2. The van der Waals surface area contributed by atoms with Gasteiger partial charge in [-0.25, -0.2) is 4.98 Å². The van der Waals surface area contributed by atoms with E-state index in [4.69, 9.17) is 11.5 Å². The van der Waals surface area contributed by atoms with Gasteiger partial charge in [-0.3, -0.25) is 14.5 Å². The minimum absolute atomic E-state index is 0.0901. The Labute approximate surface area is 249 Å². The van der Waals surface area contributed by atoms with Crippen molar-refractivity contribution in [1.29, 1.82) is 0 Å². The molecule has 5 N–H and O–H groups in total. The number of nitrogens with one attached hydrogen (secondary N) is 1. The summed E-state index contributed by atoms with van der Waals surface area (Å²) in [4.78, 5) is 33.2. The summed E-state index contributed by atoms with van der Waals surface area (Å²) in [5.41, 5.74) is 18.3. The maximum atomic E-state index is 14.1. The number of anilines is 1. The van der Waals surface area contributed by atoms with Gasteiger partial charge in [0.15, 0.2) is 0 Å². The maximum absolute atomic E-state index is 14.1. The summed E-state index contributed by atoms with van der Waals surface area (Å²) in [6, 6.07) is 20.6. The molecule has 3 aromatic carbocycles. The summed E-state index contributed by atoms with van der Waals surface area (Å²) in [6.45, 7) is 0.623. The molecule has 0 aliphatic heterocycles. The van der Waals surface area contributed by atoms with Crippen LogP contribution in [0.3, 0.4) is 0 Å². The Balaban J connectivity index is 1.29. The molecule has 2 amide bonds. The minimum Gasteiger partial charge on any atom is -0.368 e. The predicted molar refractivity (Wildman–Crippen MR) is 164 cm³/mol. The topological polar surface area (TPSA) is 162 Å². The average molecular weight is 578 g/mol. The van der Waals surface area contributed by atoms with Gasteiger partial charge in [0.1, 0.15) is 6.04 Å². The minimum atomic E-state index is -0.868. The highest BCUT2D eigenvalue weighted by Crippen LogP contribution is 2.33. The number of aromatic amines is 1. The van der Waals surface area contributed by atoms with Crippen LogP contribution in [0.4, 0.5) is 5.69 Å². The molecule has 1 saturated carbocycles. The van der Waals surface area contributed by atoms with Gasteiger partial charge in [0, 0.05) is 30.6 Å². The molecule has 0 spiro atoms. The van der Waals surface area contributed by atoms with E-state index in [1.165, 1.54) is 0 Å². The average Bonchev–Trinajstić information content (AvgIpc) is 3.71. The van der Waals surface area contributed by atoms with Crippen LogP contribution in [-0.4, -0.2) is 54.6 Å². The Hall–Kier alpha value is -4.90. The number of tetrazole rings is 1. The molecule has 11 nitrogen and oxygen atoms in total. The Bertz CT molecular complexity index is 1700. The summed E-state index contributed by atoms with van der Waals surface area (Å²) in [6.07, 6.45) is 5.35. The molecule has 0 radical (unpaired) electrons. The number of nitrogens with two attached hydrogens (primary N) is 2. The van der Waals surface area contributed by atoms with Gasteiger partial charge in [-0.1, -0.05) is 30.3 Å². The highest BCUT2D eigenvalue weighted by molar-refractivity contribution is 6.01. The normalized spacial score (nSPS) is 17.5. The molecule has 1 fully saturated rings. The molecule has 0 saturated heterocycles. The zero-order valence-electron chi connectivity index (χ0n) is 24.1. The summed E-state index contributed by atoms with van der Waals surface area (Å²) in [5.74, 6) is 0.0184. The van der Waals surface area contributed by atoms with E-state index in [1.54, 1.807) is 11.2 Å². The lowest BCUT2D eigenvalue weighted by atomic mass is 9.81. The summed E-state index contributed by atoms with van der Waals surface area (Å²) < 4.78 is 1.99. The molecule has 220 valence electrons. The van der Waals surface area contributed by atoms with E-state index in [-0.39, 0.29) is 18.2 Å². The largest absolute Gasteiger partial charge is 0.368 e.